The molecule has 1 aromatic heterocycles. The fraction of sp³-hybridized carbons (Fsp3) is 0.357. The number of fused-ring (bicyclic) bond motifs is 1. The van der Waals surface area contributed by atoms with Crippen LogP contribution in [0.25, 0.3) is 11.0 Å². The number of carbonyl (C=O) groups excluding carboxylic acids is 1. The van der Waals surface area contributed by atoms with Crippen LogP contribution in [0.15, 0.2) is 30.6 Å². The molecule has 6 nitrogen and oxygen atoms in total. The van der Waals surface area contributed by atoms with Crippen LogP contribution in [-0.4, -0.2) is 34.6 Å². The fourth-order valence-electron chi connectivity index (χ4n) is 2.34. The number of hydrogen-bond donors (Lipinski definition) is 2. The van der Waals surface area contributed by atoms with E-state index in [0.717, 1.165) is 17.5 Å². The van der Waals surface area contributed by atoms with E-state index in [1.807, 2.05) is 12.1 Å². The Balaban J connectivity index is 0.00000161. The molecule has 1 saturated heterocycles. The lowest BCUT2D eigenvalue weighted by Gasteiger charge is -2.12. The molecule has 0 bridgehead atoms. The van der Waals surface area contributed by atoms with Crippen molar-refractivity contribution >= 4 is 35.0 Å². The van der Waals surface area contributed by atoms with E-state index in [2.05, 4.69) is 15.3 Å². The molecular formula is C14H17ClN4O2. The predicted octanol–water partition coefficient (Wildman–Crippen LogP) is 1.50. The van der Waals surface area contributed by atoms with E-state index in [9.17, 15) is 4.79 Å². The van der Waals surface area contributed by atoms with Crippen LogP contribution in [0.4, 0.5) is 5.69 Å². The maximum atomic E-state index is 12.1. The molecule has 1 aliphatic rings. The second-order valence-electron chi connectivity index (χ2n) is 4.81. The maximum absolute atomic E-state index is 12.1. The first-order chi connectivity index (χ1) is 9.76. The van der Waals surface area contributed by atoms with Gasteiger partial charge in [-0.2, -0.15) is 0 Å². The maximum Gasteiger partial charge on any atom is 0.253 e. The molecule has 2 aromatic rings. The van der Waals surface area contributed by atoms with Gasteiger partial charge in [0.2, 0.25) is 0 Å². The molecule has 0 unspecified atom stereocenters. The fourth-order valence-corrected chi connectivity index (χ4v) is 2.34. The number of nitrogens with two attached hydrogens (primary N) is 1. The number of rotatable bonds is 3. The van der Waals surface area contributed by atoms with Crippen molar-refractivity contribution in [3.63, 3.8) is 0 Å². The van der Waals surface area contributed by atoms with Crippen LogP contribution in [0.2, 0.25) is 0 Å². The smallest absolute Gasteiger partial charge is 0.253 e. The third kappa shape index (κ3) is 3.47. The van der Waals surface area contributed by atoms with Crippen molar-refractivity contribution in [3.8, 4) is 0 Å². The zero-order valence-electron chi connectivity index (χ0n) is 11.4. The summed E-state index contributed by atoms with van der Waals surface area (Å²) in [5, 5.41) is 2.85. The molecule has 2 atom stereocenters. The third-order valence-corrected chi connectivity index (χ3v) is 3.40. The summed E-state index contributed by atoms with van der Waals surface area (Å²) in [4.78, 5) is 20.5. The van der Waals surface area contributed by atoms with E-state index in [-0.39, 0.29) is 24.4 Å². The number of carbonyl (C=O) groups is 1. The van der Waals surface area contributed by atoms with Gasteiger partial charge >= 0.3 is 0 Å². The van der Waals surface area contributed by atoms with E-state index < -0.39 is 6.10 Å². The minimum absolute atomic E-state index is 0. The summed E-state index contributed by atoms with van der Waals surface area (Å²) in [5.74, 6) is -0.135. The Morgan fingerprint density at radius 1 is 1.29 bits per heavy atom. The Labute approximate surface area is 128 Å². The largest absolute Gasteiger partial charge is 0.364 e. The monoisotopic (exact) mass is 308 g/mol. The highest BCUT2D eigenvalue weighted by molar-refractivity contribution is 5.95. The topological polar surface area (TPSA) is 90.1 Å². The van der Waals surface area contributed by atoms with E-state index in [0.29, 0.717) is 18.7 Å². The van der Waals surface area contributed by atoms with Crippen LogP contribution < -0.4 is 11.1 Å². The molecule has 1 fully saturated rings. The van der Waals surface area contributed by atoms with E-state index in [1.54, 1.807) is 18.5 Å². The van der Waals surface area contributed by atoms with Crippen LogP contribution in [0, 0.1) is 0 Å². The summed E-state index contributed by atoms with van der Waals surface area (Å²) in [6.45, 7) is 0.454. The molecule has 1 amide bonds. The second-order valence-corrected chi connectivity index (χ2v) is 4.81. The molecule has 0 saturated carbocycles. The van der Waals surface area contributed by atoms with Gasteiger partial charge in [0.05, 0.1) is 17.1 Å². The Bertz CT molecular complexity index is 637. The van der Waals surface area contributed by atoms with Crippen LogP contribution in [0.1, 0.15) is 12.8 Å². The summed E-state index contributed by atoms with van der Waals surface area (Å²) >= 11 is 0. The van der Waals surface area contributed by atoms with Gasteiger partial charge in [-0.1, -0.05) is 0 Å². The molecule has 0 radical (unpaired) electrons. The normalized spacial score (nSPS) is 21.0. The average Bonchev–Trinajstić information content (AvgIpc) is 2.96. The number of aromatic nitrogens is 2. The van der Waals surface area contributed by atoms with Crippen LogP contribution in [0.3, 0.4) is 0 Å². The van der Waals surface area contributed by atoms with Crippen molar-refractivity contribution in [1.82, 2.24) is 9.97 Å². The molecular weight excluding hydrogens is 292 g/mol. The Morgan fingerprint density at radius 3 is 2.76 bits per heavy atom. The summed E-state index contributed by atoms with van der Waals surface area (Å²) in [7, 11) is 0. The van der Waals surface area contributed by atoms with Crippen molar-refractivity contribution in [3.05, 3.63) is 30.6 Å². The van der Waals surface area contributed by atoms with Crippen molar-refractivity contribution in [2.75, 3.05) is 11.9 Å². The SMILES string of the molecule is Cl.NC[C@H]1CC[C@@H](C(=O)Nc2ccc3nccnc3c2)O1. The minimum atomic E-state index is -0.416. The highest BCUT2D eigenvalue weighted by Crippen LogP contribution is 2.21. The van der Waals surface area contributed by atoms with Gasteiger partial charge in [0.15, 0.2) is 0 Å². The van der Waals surface area contributed by atoms with Gasteiger partial charge in [0, 0.05) is 24.6 Å². The molecule has 3 N–H and O–H groups in total. The highest BCUT2D eigenvalue weighted by Gasteiger charge is 2.29. The number of nitrogens with zero attached hydrogens (tertiary/aromatic N) is 2. The van der Waals surface area contributed by atoms with Gasteiger partial charge in [-0.05, 0) is 31.0 Å². The van der Waals surface area contributed by atoms with E-state index in [1.165, 1.54) is 0 Å². The molecule has 1 aliphatic heterocycles. The lowest BCUT2D eigenvalue weighted by Crippen LogP contribution is -2.29. The first-order valence-electron chi connectivity index (χ1n) is 6.63. The number of ether oxygens (including phenoxy) is 1. The summed E-state index contributed by atoms with van der Waals surface area (Å²) in [6.07, 6.45) is 4.38. The molecule has 112 valence electrons. The van der Waals surface area contributed by atoms with Gasteiger partial charge in [0.25, 0.3) is 5.91 Å². The van der Waals surface area contributed by atoms with Gasteiger partial charge in [-0.25, -0.2) is 0 Å². The van der Waals surface area contributed by atoms with Crippen LogP contribution >= 0.6 is 12.4 Å². The van der Waals surface area contributed by atoms with Gasteiger partial charge < -0.3 is 15.8 Å². The quantitative estimate of drug-likeness (QED) is 0.896. The Hall–Kier alpha value is -1.76. The highest BCUT2D eigenvalue weighted by atomic mass is 35.5. The average molecular weight is 309 g/mol. The van der Waals surface area contributed by atoms with Gasteiger partial charge in [0.1, 0.15) is 6.10 Å². The molecule has 3 rings (SSSR count). The second kappa shape index (κ2) is 6.80. The van der Waals surface area contributed by atoms with E-state index in [4.69, 9.17) is 10.5 Å². The number of halogens is 1. The Morgan fingerprint density at radius 2 is 2.05 bits per heavy atom. The molecule has 21 heavy (non-hydrogen) atoms. The summed E-state index contributed by atoms with van der Waals surface area (Å²) in [5.41, 5.74) is 7.78. The number of benzene rings is 1. The molecule has 0 aliphatic carbocycles. The van der Waals surface area contributed by atoms with Crippen molar-refractivity contribution in [1.29, 1.82) is 0 Å². The predicted molar refractivity (Wildman–Crippen MR) is 82.4 cm³/mol. The number of nitrogens with one attached hydrogen (secondary N) is 1. The zero-order chi connectivity index (χ0) is 13.9. The van der Waals surface area contributed by atoms with Crippen molar-refractivity contribution in [2.24, 2.45) is 5.73 Å². The summed E-state index contributed by atoms with van der Waals surface area (Å²) < 4.78 is 5.57. The van der Waals surface area contributed by atoms with Crippen molar-refractivity contribution < 1.29 is 9.53 Å². The van der Waals surface area contributed by atoms with Gasteiger partial charge in [-0.15, -0.1) is 12.4 Å². The minimum Gasteiger partial charge on any atom is -0.364 e. The number of anilines is 1. The molecule has 1 aromatic carbocycles. The third-order valence-electron chi connectivity index (χ3n) is 3.40. The van der Waals surface area contributed by atoms with Crippen LogP contribution in [0.5, 0.6) is 0 Å². The number of amides is 1. The first-order valence-corrected chi connectivity index (χ1v) is 6.63. The van der Waals surface area contributed by atoms with E-state index >= 15 is 0 Å². The van der Waals surface area contributed by atoms with Crippen LogP contribution in [-0.2, 0) is 9.53 Å². The zero-order valence-corrected chi connectivity index (χ0v) is 12.2. The summed E-state index contributed by atoms with van der Waals surface area (Å²) in [6, 6.07) is 5.44. The standard InChI is InChI=1S/C14H16N4O2.ClH/c15-8-10-2-4-13(20-10)14(19)18-9-1-3-11-12(7-9)17-6-5-16-11;/h1,3,5-7,10,13H,2,4,8,15H2,(H,18,19);1H/t10-,13+;/m1./s1. The number of hydrogen-bond acceptors (Lipinski definition) is 5. The van der Waals surface area contributed by atoms with Gasteiger partial charge in [-0.3, -0.25) is 14.8 Å². The molecule has 2 heterocycles. The lowest BCUT2D eigenvalue weighted by molar-refractivity contribution is -0.126. The lowest BCUT2D eigenvalue weighted by atomic mass is 10.2. The van der Waals surface area contributed by atoms with Crippen molar-refractivity contribution in [2.45, 2.75) is 25.0 Å². The molecule has 7 heteroatoms. The molecule has 0 spiro atoms. The first kappa shape index (κ1) is 15.6. The Kier molecular flexibility index (Phi) is 5.06.